The van der Waals surface area contributed by atoms with Crippen LogP contribution < -0.4 is 10.5 Å². The minimum Gasteiger partial charge on any atom is -0.484 e. The van der Waals surface area contributed by atoms with Crippen molar-refractivity contribution < 1.29 is 27.9 Å². The third kappa shape index (κ3) is 6.70. The number of rotatable bonds is 11. The summed E-state index contributed by atoms with van der Waals surface area (Å²) < 4.78 is 30.2. The van der Waals surface area contributed by atoms with Crippen LogP contribution in [0.25, 0.3) is 0 Å². The van der Waals surface area contributed by atoms with Crippen LogP contribution in [0, 0.1) is 5.92 Å². The predicted octanol–water partition coefficient (Wildman–Crippen LogP) is 2.05. The summed E-state index contributed by atoms with van der Waals surface area (Å²) in [6.07, 6.45) is 1.54. The molecule has 1 amide bonds. The lowest BCUT2D eigenvalue weighted by Crippen LogP contribution is -2.24. The number of ether oxygens (including phenoxy) is 1. The first-order valence-electron chi connectivity index (χ1n) is 8.78. The molecule has 0 radical (unpaired) electrons. The van der Waals surface area contributed by atoms with Crippen LogP contribution in [-0.4, -0.2) is 37.8 Å². The van der Waals surface area contributed by atoms with Crippen LogP contribution >= 0.6 is 0 Å². The lowest BCUT2D eigenvalue weighted by atomic mass is 10.0. The summed E-state index contributed by atoms with van der Waals surface area (Å²) >= 11 is 0. The maximum atomic E-state index is 12.6. The van der Waals surface area contributed by atoms with Gasteiger partial charge in [-0.1, -0.05) is 30.3 Å². The van der Waals surface area contributed by atoms with E-state index in [9.17, 15) is 23.1 Å². The molecule has 8 heteroatoms. The fourth-order valence-electron chi connectivity index (χ4n) is 2.73. The molecule has 0 heterocycles. The minimum absolute atomic E-state index is 0.00762. The molecule has 28 heavy (non-hydrogen) atoms. The second kappa shape index (κ2) is 9.89. The summed E-state index contributed by atoms with van der Waals surface area (Å²) in [5.41, 5.74) is 6.07. The molecule has 0 aliphatic rings. The minimum atomic E-state index is -3.78. The van der Waals surface area contributed by atoms with Gasteiger partial charge in [0.05, 0.1) is 16.6 Å². The van der Waals surface area contributed by atoms with Crippen LogP contribution in [0.3, 0.4) is 0 Å². The van der Waals surface area contributed by atoms with Gasteiger partial charge < -0.3 is 15.6 Å². The molecule has 0 bridgehead atoms. The third-order valence-corrected chi connectivity index (χ3v) is 6.03. The Kier molecular flexibility index (Phi) is 7.57. The van der Waals surface area contributed by atoms with Gasteiger partial charge in [0.25, 0.3) is 5.91 Å². The standard InChI is InChI=1S/C20H23NO6S/c21-19(22)13-27-17-9-11-18(12-10-17)28(25,26)14-16(20(23)24)8-4-7-15-5-2-1-3-6-15/h1-3,5-6,9-12,16H,4,7-8,13-14H2,(H2,21,22)(H,23,24). The summed E-state index contributed by atoms with van der Waals surface area (Å²) in [5, 5.41) is 9.42. The molecule has 2 aromatic carbocycles. The van der Waals surface area contributed by atoms with Gasteiger partial charge in [0.2, 0.25) is 0 Å². The maximum Gasteiger partial charge on any atom is 0.307 e. The number of carboxylic acid groups (broad SMARTS) is 1. The fraction of sp³-hybridized carbons (Fsp3) is 0.300. The molecule has 0 aliphatic heterocycles. The van der Waals surface area contributed by atoms with Crippen molar-refractivity contribution in [1.29, 1.82) is 0 Å². The third-order valence-electron chi connectivity index (χ3n) is 4.19. The van der Waals surface area contributed by atoms with Crippen molar-refractivity contribution in [3.05, 3.63) is 60.2 Å². The molecule has 0 spiro atoms. The van der Waals surface area contributed by atoms with E-state index in [0.29, 0.717) is 18.6 Å². The molecule has 0 saturated heterocycles. The molecule has 150 valence electrons. The highest BCUT2D eigenvalue weighted by Gasteiger charge is 2.26. The molecule has 3 N–H and O–H groups in total. The summed E-state index contributed by atoms with van der Waals surface area (Å²) in [7, 11) is -3.78. The second-order valence-electron chi connectivity index (χ2n) is 6.42. The lowest BCUT2D eigenvalue weighted by molar-refractivity contribution is -0.141. The Bertz CT molecular complexity index is 894. The van der Waals surface area contributed by atoms with Crippen molar-refractivity contribution in [3.63, 3.8) is 0 Å². The topological polar surface area (TPSA) is 124 Å². The highest BCUT2D eigenvalue weighted by molar-refractivity contribution is 7.91. The average molecular weight is 405 g/mol. The molecule has 2 aromatic rings. The van der Waals surface area contributed by atoms with Gasteiger partial charge >= 0.3 is 5.97 Å². The van der Waals surface area contributed by atoms with Crippen molar-refractivity contribution in [3.8, 4) is 5.75 Å². The molecule has 0 saturated carbocycles. The Morgan fingerprint density at radius 2 is 1.68 bits per heavy atom. The number of hydrogen-bond donors (Lipinski definition) is 2. The van der Waals surface area contributed by atoms with Gasteiger partial charge in [-0.15, -0.1) is 0 Å². The average Bonchev–Trinajstić information content (AvgIpc) is 2.66. The number of carbonyl (C=O) groups excluding carboxylic acids is 1. The summed E-state index contributed by atoms with van der Waals surface area (Å²) in [6.45, 7) is -0.311. The van der Waals surface area contributed by atoms with Gasteiger partial charge in [-0.3, -0.25) is 9.59 Å². The normalized spacial score (nSPS) is 12.3. The quantitative estimate of drug-likeness (QED) is 0.590. The molecule has 7 nitrogen and oxygen atoms in total. The molecule has 0 aromatic heterocycles. The van der Waals surface area contributed by atoms with Crippen molar-refractivity contribution in [2.24, 2.45) is 11.7 Å². The van der Waals surface area contributed by atoms with Crippen LogP contribution in [0.15, 0.2) is 59.5 Å². The Morgan fingerprint density at radius 3 is 2.25 bits per heavy atom. The number of carboxylic acids is 1. The molecule has 0 aliphatic carbocycles. The number of amides is 1. The van der Waals surface area contributed by atoms with Crippen LogP contribution in [-0.2, 0) is 25.8 Å². The maximum absolute atomic E-state index is 12.6. The van der Waals surface area contributed by atoms with Crippen LogP contribution in [0.4, 0.5) is 0 Å². The number of benzene rings is 2. The van der Waals surface area contributed by atoms with E-state index in [0.717, 1.165) is 5.56 Å². The molecule has 1 atom stereocenters. The summed E-state index contributed by atoms with van der Waals surface area (Å²) in [5.74, 6) is -2.93. The first-order chi connectivity index (χ1) is 13.3. The predicted molar refractivity (Wildman–Crippen MR) is 104 cm³/mol. The Balaban J connectivity index is 1.98. The zero-order valence-corrected chi connectivity index (χ0v) is 16.1. The largest absolute Gasteiger partial charge is 0.484 e. The van der Waals surface area contributed by atoms with E-state index in [1.165, 1.54) is 24.3 Å². The van der Waals surface area contributed by atoms with Gasteiger partial charge in [-0.05, 0) is 49.1 Å². The smallest absolute Gasteiger partial charge is 0.307 e. The van der Waals surface area contributed by atoms with E-state index >= 15 is 0 Å². The molecule has 2 rings (SSSR count). The van der Waals surface area contributed by atoms with Crippen LogP contribution in [0.2, 0.25) is 0 Å². The van der Waals surface area contributed by atoms with E-state index in [1.807, 2.05) is 30.3 Å². The molecular formula is C20H23NO6S. The van der Waals surface area contributed by atoms with Gasteiger partial charge in [0.1, 0.15) is 5.75 Å². The van der Waals surface area contributed by atoms with Crippen molar-refractivity contribution in [2.75, 3.05) is 12.4 Å². The van der Waals surface area contributed by atoms with Gasteiger partial charge in [0.15, 0.2) is 16.4 Å². The number of aryl methyl sites for hydroxylation is 1. The Labute approximate surface area is 164 Å². The number of primary amides is 1. The first kappa shape index (κ1) is 21.4. The van der Waals surface area contributed by atoms with Gasteiger partial charge in [-0.2, -0.15) is 0 Å². The van der Waals surface area contributed by atoms with E-state index in [2.05, 4.69) is 0 Å². The highest BCUT2D eigenvalue weighted by atomic mass is 32.2. The van der Waals surface area contributed by atoms with Crippen molar-refractivity contribution in [1.82, 2.24) is 0 Å². The van der Waals surface area contributed by atoms with Crippen molar-refractivity contribution >= 4 is 21.7 Å². The van der Waals surface area contributed by atoms with Crippen LogP contribution in [0.1, 0.15) is 18.4 Å². The molecule has 0 fully saturated rings. The monoisotopic (exact) mass is 405 g/mol. The Hall–Kier alpha value is -2.87. The van der Waals surface area contributed by atoms with E-state index in [1.54, 1.807) is 0 Å². The van der Waals surface area contributed by atoms with E-state index in [-0.39, 0.29) is 17.9 Å². The summed E-state index contributed by atoms with van der Waals surface area (Å²) in [6, 6.07) is 15.1. The number of nitrogens with two attached hydrogens (primary N) is 1. The summed E-state index contributed by atoms with van der Waals surface area (Å²) in [4.78, 5) is 22.2. The Morgan fingerprint density at radius 1 is 1.04 bits per heavy atom. The fourth-order valence-corrected chi connectivity index (χ4v) is 4.32. The molecule has 1 unspecified atom stereocenters. The lowest BCUT2D eigenvalue weighted by Gasteiger charge is -2.13. The second-order valence-corrected chi connectivity index (χ2v) is 8.46. The number of hydrogen-bond acceptors (Lipinski definition) is 5. The van der Waals surface area contributed by atoms with Gasteiger partial charge in [-0.25, -0.2) is 8.42 Å². The highest BCUT2D eigenvalue weighted by Crippen LogP contribution is 2.21. The van der Waals surface area contributed by atoms with Crippen LogP contribution in [0.5, 0.6) is 5.75 Å². The SMILES string of the molecule is NC(=O)COc1ccc(S(=O)(=O)CC(CCCc2ccccc2)C(=O)O)cc1. The van der Waals surface area contributed by atoms with Crippen molar-refractivity contribution in [2.45, 2.75) is 24.2 Å². The van der Waals surface area contributed by atoms with Gasteiger partial charge in [0, 0.05) is 0 Å². The molecular weight excluding hydrogens is 382 g/mol. The zero-order valence-electron chi connectivity index (χ0n) is 15.3. The zero-order chi connectivity index (χ0) is 20.6. The first-order valence-corrected chi connectivity index (χ1v) is 10.4. The number of aliphatic carboxylic acids is 1. The van der Waals surface area contributed by atoms with E-state index < -0.39 is 33.4 Å². The number of sulfone groups is 1. The number of carbonyl (C=O) groups is 2. The van der Waals surface area contributed by atoms with E-state index in [4.69, 9.17) is 10.5 Å².